The molecular weight excluding hydrogens is 204 g/mol. The third-order valence-corrected chi connectivity index (χ3v) is 4.34. The second kappa shape index (κ2) is 3.44. The normalized spacial score (nSPS) is 31.1. The highest BCUT2D eigenvalue weighted by Crippen LogP contribution is 2.60. The maximum atomic E-state index is 12.2. The molecule has 0 spiro atoms. The van der Waals surface area contributed by atoms with E-state index < -0.39 is 5.97 Å². The summed E-state index contributed by atoms with van der Waals surface area (Å²) in [7, 11) is 1.33. The molecule has 0 aromatic rings. The number of rotatable bonds is 2. The van der Waals surface area contributed by atoms with E-state index in [2.05, 4.69) is 13.8 Å². The summed E-state index contributed by atoms with van der Waals surface area (Å²) in [5, 5.41) is 0. The van der Waals surface area contributed by atoms with Crippen LogP contribution in [0.3, 0.4) is 0 Å². The zero-order valence-electron chi connectivity index (χ0n) is 10.3. The van der Waals surface area contributed by atoms with Gasteiger partial charge in [-0.2, -0.15) is 0 Å². The third-order valence-electron chi connectivity index (χ3n) is 4.34. The van der Waals surface area contributed by atoms with Gasteiger partial charge in [-0.15, -0.1) is 0 Å². The van der Waals surface area contributed by atoms with Crippen LogP contribution in [0.25, 0.3) is 0 Å². The molecule has 3 rings (SSSR count). The molecule has 0 N–H and O–H groups in total. The average molecular weight is 222 g/mol. The molecule has 0 aromatic heterocycles. The van der Waals surface area contributed by atoms with Gasteiger partial charge in [0.1, 0.15) is 5.57 Å². The lowest BCUT2D eigenvalue weighted by Crippen LogP contribution is -2.55. The smallest absolute Gasteiger partial charge is 0.341 e. The summed E-state index contributed by atoms with van der Waals surface area (Å²) in [6, 6.07) is 0. The number of ketones is 1. The first-order valence-electron chi connectivity index (χ1n) is 5.80. The molecule has 0 saturated heterocycles. The maximum absolute atomic E-state index is 12.2. The number of hydrogen-bond donors (Lipinski definition) is 0. The molecule has 2 atom stereocenters. The summed E-state index contributed by atoms with van der Waals surface area (Å²) in [5.41, 5.74) is 1.37. The van der Waals surface area contributed by atoms with E-state index in [0.29, 0.717) is 11.5 Å². The van der Waals surface area contributed by atoms with Gasteiger partial charge in [0.05, 0.1) is 7.11 Å². The van der Waals surface area contributed by atoms with Crippen LogP contribution in [0, 0.1) is 17.3 Å². The van der Waals surface area contributed by atoms with Crippen molar-refractivity contribution < 1.29 is 14.3 Å². The van der Waals surface area contributed by atoms with Crippen molar-refractivity contribution in [3.63, 3.8) is 0 Å². The number of methoxy groups -OCH3 is 1. The fraction of sp³-hybridized carbons (Fsp3) is 0.692. The van der Waals surface area contributed by atoms with Crippen LogP contribution in [0.2, 0.25) is 0 Å². The van der Waals surface area contributed by atoms with Crippen molar-refractivity contribution in [3.05, 3.63) is 11.1 Å². The Labute approximate surface area is 95.9 Å². The van der Waals surface area contributed by atoms with E-state index in [-0.39, 0.29) is 17.1 Å². The summed E-state index contributed by atoms with van der Waals surface area (Å²) in [6.45, 7) is 6.24. The minimum atomic E-state index is -0.452. The molecule has 2 bridgehead atoms. The topological polar surface area (TPSA) is 43.4 Å². The fourth-order valence-corrected chi connectivity index (χ4v) is 3.23. The molecule has 3 aliphatic rings. The van der Waals surface area contributed by atoms with Crippen LogP contribution in [-0.4, -0.2) is 18.9 Å². The summed E-state index contributed by atoms with van der Waals surface area (Å²) in [4.78, 5) is 23.8. The van der Waals surface area contributed by atoms with Crippen LogP contribution in [-0.2, 0) is 14.3 Å². The summed E-state index contributed by atoms with van der Waals surface area (Å²) in [6.07, 6.45) is 1.67. The van der Waals surface area contributed by atoms with Crippen LogP contribution in [0.1, 0.15) is 33.6 Å². The van der Waals surface area contributed by atoms with Crippen molar-refractivity contribution in [2.24, 2.45) is 17.3 Å². The average Bonchev–Trinajstić information content (AvgIpc) is 2.26. The molecule has 0 radical (unpaired) electrons. The predicted molar refractivity (Wildman–Crippen MR) is 59.7 cm³/mol. The van der Waals surface area contributed by atoms with Crippen molar-refractivity contribution >= 4 is 11.8 Å². The lowest BCUT2D eigenvalue weighted by molar-refractivity contribution is -0.145. The molecule has 1 fully saturated rings. The van der Waals surface area contributed by atoms with Gasteiger partial charge in [-0.3, -0.25) is 4.79 Å². The first-order chi connectivity index (χ1) is 7.45. The van der Waals surface area contributed by atoms with E-state index in [1.807, 2.05) is 6.92 Å². The van der Waals surface area contributed by atoms with Gasteiger partial charge in [-0.25, -0.2) is 4.79 Å². The quantitative estimate of drug-likeness (QED) is 0.531. The second-order valence-electron chi connectivity index (χ2n) is 5.27. The first-order valence-corrected chi connectivity index (χ1v) is 5.80. The summed E-state index contributed by atoms with van der Waals surface area (Å²) in [5.74, 6) is -0.0561. The maximum Gasteiger partial charge on any atom is 0.341 e. The van der Waals surface area contributed by atoms with Gasteiger partial charge >= 0.3 is 5.97 Å². The molecule has 0 heterocycles. The lowest BCUT2D eigenvalue weighted by Gasteiger charge is -2.56. The minimum Gasteiger partial charge on any atom is -0.465 e. The standard InChI is InChI=1S/C13H18O3/c1-5-7-8-6-9(13(8,2)3)11(14)10(7)12(15)16-4/h8-9H,5-6H2,1-4H3/t8-,9-/m1/s1. The van der Waals surface area contributed by atoms with Crippen LogP contribution in [0.5, 0.6) is 0 Å². The Hall–Kier alpha value is -1.12. The highest BCUT2D eigenvalue weighted by molar-refractivity contribution is 6.20. The van der Waals surface area contributed by atoms with Gasteiger partial charge in [-0.05, 0) is 29.7 Å². The van der Waals surface area contributed by atoms with Gasteiger partial charge in [0.15, 0.2) is 5.78 Å². The van der Waals surface area contributed by atoms with E-state index in [4.69, 9.17) is 4.74 Å². The van der Waals surface area contributed by atoms with E-state index >= 15 is 0 Å². The SMILES string of the molecule is CCC1=C(C(=O)OC)C(=O)[C@H]2C[C@H]1C2(C)C. The Morgan fingerprint density at radius 1 is 1.44 bits per heavy atom. The number of hydrogen-bond acceptors (Lipinski definition) is 3. The van der Waals surface area contributed by atoms with Crippen molar-refractivity contribution in [1.82, 2.24) is 0 Å². The highest BCUT2D eigenvalue weighted by Gasteiger charge is 2.58. The Kier molecular flexibility index (Phi) is 2.44. The number of carbonyl (C=O) groups excluding carboxylic acids is 2. The van der Waals surface area contributed by atoms with Crippen molar-refractivity contribution in [1.29, 1.82) is 0 Å². The second-order valence-corrected chi connectivity index (χ2v) is 5.27. The molecule has 16 heavy (non-hydrogen) atoms. The van der Waals surface area contributed by atoms with Gasteiger partial charge in [0, 0.05) is 5.92 Å². The van der Waals surface area contributed by atoms with Gasteiger partial charge < -0.3 is 4.74 Å². The van der Waals surface area contributed by atoms with Crippen LogP contribution in [0.4, 0.5) is 0 Å². The third kappa shape index (κ3) is 1.20. The molecule has 0 aliphatic heterocycles. The zero-order valence-corrected chi connectivity index (χ0v) is 10.3. The molecule has 3 aliphatic carbocycles. The van der Waals surface area contributed by atoms with E-state index in [1.54, 1.807) is 0 Å². The number of carbonyl (C=O) groups is 2. The molecular formula is C13H18O3. The number of fused-ring (bicyclic) bond motifs is 1. The Morgan fingerprint density at radius 3 is 2.50 bits per heavy atom. The zero-order chi connectivity index (χ0) is 12.1. The molecule has 0 aromatic carbocycles. The molecule has 3 nitrogen and oxygen atoms in total. The molecule has 0 amide bonds. The number of esters is 1. The Morgan fingerprint density at radius 2 is 2.06 bits per heavy atom. The van der Waals surface area contributed by atoms with Crippen LogP contribution < -0.4 is 0 Å². The van der Waals surface area contributed by atoms with Crippen LogP contribution >= 0.6 is 0 Å². The Bertz CT molecular complexity index is 390. The van der Waals surface area contributed by atoms with Crippen molar-refractivity contribution in [3.8, 4) is 0 Å². The first kappa shape index (κ1) is 11.4. The molecule has 0 unspecified atom stereocenters. The van der Waals surface area contributed by atoms with Gasteiger partial charge in [0.2, 0.25) is 0 Å². The summed E-state index contributed by atoms with van der Waals surface area (Å²) < 4.78 is 4.71. The summed E-state index contributed by atoms with van der Waals surface area (Å²) >= 11 is 0. The number of Topliss-reactive ketones (excluding diaryl/α,β-unsaturated/α-hetero) is 1. The van der Waals surface area contributed by atoms with Gasteiger partial charge in [-0.1, -0.05) is 20.8 Å². The van der Waals surface area contributed by atoms with E-state index in [0.717, 1.165) is 18.4 Å². The fourth-order valence-electron chi connectivity index (χ4n) is 3.23. The number of ether oxygens (including phenoxy) is 1. The van der Waals surface area contributed by atoms with E-state index in [9.17, 15) is 9.59 Å². The number of allylic oxidation sites excluding steroid dienone is 1. The van der Waals surface area contributed by atoms with Gasteiger partial charge in [0.25, 0.3) is 0 Å². The van der Waals surface area contributed by atoms with Crippen molar-refractivity contribution in [2.75, 3.05) is 7.11 Å². The highest BCUT2D eigenvalue weighted by atomic mass is 16.5. The largest absolute Gasteiger partial charge is 0.465 e. The predicted octanol–water partition coefficient (Wildman–Crippen LogP) is 2.11. The Balaban J connectivity index is 2.49. The lowest BCUT2D eigenvalue weighted by atomic mass is 9.46. The van der Waals surface area contributed by atoms with Crippen molar-refractivity contribution in [2.45, 2.75) is 33.6 Å². The molecule has 1 saturated carbocycles. The molecule has 88 valence electrons. The monoisotopic (exact) mass is 222 g/mol. The van der Waals surface area contributed by atoms with E-state index in [1.165, 1.54) is 7.11 Å². The molecule has 3 heteroatoms. The minimum absolute atomic E-state index is 0.00352. The van der Waals surface area contributed by atoms with Crippen LogP contribution in [0.15, 0.2) is 11.1 Å².